The van der Waals surface area contributed by atoms with Crippen molar-refractivity contribution in [2.24, 2.45) is 0 Å². The van der Waals surface area contributed by atoms with Crippen LogP contribution in [0.3, 0.4) is 0 Å². The van der Waals surface area contributed by atoms with E-state index >= 15 is 0 Å². The minimum Gasteiger partial charge on any atom is -0.462 e. The van der Waals surface area contributed by atoms with Gasteiger partial charge in [0.2, 0.25) is 0 Å². The maximum Gasteiger partial charge on any atom is 0.339 e. The van der Waals surface area contributed by atoms with Crippen molar-refractivity contribution in [1.29, 1.82) is 0 Å². The van der Waals surface area contributed by atoms with Gasteiger partial charge >= 0.3 is 5.97 Å². The highest BCUT2D eigenvalue weighted by atomic mass is 35.5. The molecule has 0 spiro atoms. The number of ether oxygens (including phenoxy) is 1. The maximum absolute atomic E-state index is 11.6. The number of hydrogen-bond acceptors (Lipinski definition) is 4. The van der Waals surface area contributed by atoms with Crippen LogP contribution in [0.4, 0.5) is 5.69 Å². The van der Waals surface area contributed by atoms with E-state index in [1.807, 2.05) is 14.1 Å². The van der Waals surface area contributed by atoms with Crippen LogP contribution in [-0.4, -0.2) is 49.8 Å². The number of likely N-dealkylation sites (N-methyl/N-ethyl adjacent to an activating group) is 1. The fourth-order valence-corrected chi connectivity index (χ4v) is 2.01. The summed E-state index contributed by atoms with van der Waals surface area (Å²) in [6.07, 6.45) is 0. The van der Waals surface area contributed by atoms with E-state index in [1.54, 1.807) is 25.1 Å². The zero-order valence-corrected chi connectivity index (χ0v) is 14.0. The Kier molecular flexibility index (Phi) is 7.42. The molecule has 1 rings (SSSR count). The van der Waals surface area contributed by atoms with E-state index in [0.29, 0.717) is 22.3 Å². The molecule has 0 fully saturated rings. The maximum atomic E-state index is 11.6. The normalized spacial score (nSPS) is 10.3. The first kappa shape index (κ1) is 17.7. The molecule has 0 atom stereocenters. The summed E-state index contributed by atoms with van der Waals surface area (Å²) in [5.74, 6) is -0.430. The van der Waals surface area contributed by atoms with Crippen molar-refractivity contribution in [3.63, 3.8) is 0 Å². The van der Waals surface area contributed by atoms with Crippen LogP contribution < -0.4 is 10.6 Å². The summed E-state index contributed by atoms with van der Waals surface area (Å²) in [6, 6.07) is 5.00. The molecule has 0 amide bonds. The van der Waals surface area contributed by atoms with E-state index in [9.17, 15) is 4.79 Å². The molecule has 0 aliphatic rings. The molecule has 21 heavy (non-hydrogen) atoms. The number of hydrogen-bond donors (Lipinski definition) is 2. The second-order valence-corrected chi connectivity index (χ2v) is 5.41. The molecular formula is C14H20ClN3O2S. The van der Waals surface area contributed by atoms with Gasteiger partial charge in [0.15, 0.2) is 5.11 Å². The van der Waals surface area contributed by atoms with E-state index in [4.69, 9.17) is 28.6 Å². The van der Waals surface area contributed by atoms with Gasteiger partial charge in [0.1, 0.15) is 0 Å². The second-order valence-electron chi connectivity index (χ2n) is 4.60. The summed E-state index contributed by atoms with van der Waals surface area (Å²) >= 11 is 11.3. The lowest BCUT2D eigenvalue weighted by Crippen LogP contribution is -2.34. The highest BCUT2D eigenvalue weighted by Gasteiger charge is 2.12. The van der Waals surface area contributed by atoms with Crippen molar-refractivity contribution in [2.45, 2.75) is 6.92 Å². The first-order chi connectivity index (χ1) is 9.93. The topological polar surface area (TPSA) is 53.6 Å². The molecule has 0 saturated heterocycles. The van der Waals surface area contributed by atoms with Crippen molar-refractivity contribution in [1.82, 2.24) is 10.2 Å². The molecule has 0 aromatic heterocycles. The Bertz CT molecular complexity index is 509. The third kappa shape index (κ3) is 6.29. The van der Waals surface area contributed by atoms with Gasteiger partial charge in [-0.1, -0.05) is 11.6 Å². The quantitative estimate of drug-likeness (QED) is 0.617. The molecule has 0 radical (unpaired) electrons. The van der Waals surface area contributed by atoms with Crippen molar-refractivity contribution in [3.05, 3.63) is 28.8 Å². The van der Waals surface area contributed by atoms with Crippen molar-refractivity contribution in [2.75, 3.05) is 39.1 Å². The van der Waals surface area contributed by atoms with Crippen LogP contribution in [0, 0.1) is 0 Å². The number of carbonyl (C=O) groups is 1. The highest BCUT2D eigenvalue weighted by Crippen LogP contribution is 2.21. The van der Waals surface area contributed by atoms with Gasteiger partial charge in [0.25, 0.3) is 0 Å². The molecule has 116 valence electrons. The van der Waals surface area contributed by atoms with Crippen LogP contribution in [-0.2, 0) is 4.74 Å². The van der Waals surface area contributed by atoms with Crippen LogP contribution >= 0.6 is 23.8 Å². The largest absolute Gasteiger partial charge is 0.462 e. The Morgan fingerprint density at radius 1 is 1.43 bits per heavy atom. The first-order valence-corrected chi connectivity index (χ1v) is 7.39. The lowest BCUT2D eigenvalue weighted by molar-refractivity contribution is 0.0526. The molecule has 0 aliphatic heterocycles. The lowest BCUT2D eigenvalue weighted by Gasteiger charge is -2.14. The van der Waals surface area contributed by atoms with E-state index in [1.165, 1.54) is 0 Å². The van der Waals surface area contributed by atoms with Crippen molar-refractivity contribution >= 4 is 40.6 Å². The van der Waals surface area contributed by atoms with Crippen molar-refractivity contribution in [3.8, 4) is 0 Å². The fourth-order valence-electron chi connectivity index (χ4n) is 1.54. The number of nitrogens with one attached hydrogen (secondary N) is 2. The number of nitrogens with zero attached hydrogens (tertiary/aromatic N) is 1. The van der Waals surface area contributed by atoms with Crippen LogP contribution in [0.1, 0.15) is 17.3 Å². The zero-order valence-electron chi connectivity index (χ0n) is 12.4. The fraction of sp³-hybridized carbons (Fsp3) is 0.429. The predicted molar refractivity (Wildman–Crippen MR) is 90.2 cm³/mol. The monoisotopic (exact) mass is 329 g/mol. The predicted octanol–water partition coefficient (Wildman–Crippen LogP) is 2.36. The van der Waals surface area contributed by atoms with E-state index in [0.717, 1.165) is 18.8 Å². The summed E-state index contributed by atoms with van der Waals surface area (Å²) < 4.78 is 4.92. The summed E-state index contributed by atoms with van der Waals surface area (Å²) in [6.45, 7) is 3.69. The third-order valence-corrected chi connectivity index (χ3v) is 3.13. The van der Waals surface area contributed by atoms with Crippen LogP contribution in [0.25, 0.3) is 0 Å². The third-order valence-electron chi connectivity index (χ3n) is 2.57. The number of halogens is 1. The van der Waals surface area contributed by atoms with Gasteiger partial charge in [-0.15, -0.1) is 0 Å². The number of anilines is 1. The Morgan fingerprint density at radius 3 is 2.71 bits per heavy atom. The summed E-state index contributed by atoms with van der Waals surface area (Å²) in [7, 11) is 3.98. The molecule has 0 unspecified atom stereocenters. The van der Waals surface area contributed by atoms with Gasteiger partial charge < -0.3 is 20.3 Å². The molecule has 2 N–H and O–H groups in total. The molecule has 0 saturated carbocycles. The summed E-state index contributed by atoms with van der Waals surface area (Å²) in [5, 5.41) is 6.94. The second kappa shape index (κ2) is 8.81. The average molecular weight is 330 g/mol. The van der Waals surface area contributed by atoms with Crippen LogP contribution in [0.5, 0.6) is 0 Å². The van der Waals surface area contributed by atoms with Gasteiger partial charge in [-0.2, -0.15) is 0 Å². The minimum atomic E-state index is -0.430. The first-order valence-electron chi connectivity index (χ1n) is 6.60. The van der Waals surface area contributed by atoms with E-state index < -0.39 is 5.97 Å². The molecule has 1 aromatic rings. The zero-order chi connectivity index (χ0) is 15.8. The summed E-state index contributed by atoms with van der Waals surface area (Å²) in [4.78, 5) is 13.7. The molecule has 7 heteroatoms. The highest BCUT2D eigenvalue weighted by molar-refractivity contribution is 7.80. The molecule has 0 bridgehead atoms. The Labute approximate surface area is 135 Å². The van der Waals surface area contributed by atoms with Gasteiger partial charge in [0, 0.05) is 18.8 Å². The number of carbonyl (C=O) groups excluding carboxylic acids is 1. The standard InChI is InChI=1S/C14H20ClN3O2S/c1-4-20-13(19)11-6-5-10(9-12(11)15)17-14(21)16-7-8-18(2)3/h5-6,9H,4,7-8H2,1-3H3,(H2,16,17,21). The molecule has 5 nitrogen and oxygen atoms in total. The molecule has 0 aliphatic carbocycles. The minimum absolute atomic E-state index is 0.315. The van der Waals surface area contributed by atoms with Gasteiger partial charge in [-0.25, -0.2) is 4.79 Å². The van der Waals surface area contributed by atoms with E-state index in [2.05, 4.69) is 15.5 Å². The van der Waals surface area contributed by atoms with Crippen molar-refractivity contribution < 1.29 is 9.53 Å². The van der Waals surface area contributed by atoms with Crippen LogP contribution in [0.2, 0.25) is 5.02 Å². The molecular weight excluding hydrogens is 310 g/mol. The van der Waals surface area contributed by atoms with Crippen LogP contribution in [0.15, 0.2) is 18.2 Å². The number of thiocarbonyl (C=S) groups is 1. The van der Waals surface area contributed by atoms with Gasteiger partial charge in [0.05, 0.1) is 17.2 Å². The Morgan fingerprint density at radius 2 is 2.14 bits per heavy atom. The number of benzene rings is 1. The van der Waals surface area contributed by atoms with Gasteiger partial charge in [-0.05, 0) is 51.4 Å². The molecule has 1 aromatic carbocycles. The Hall–Kier alpha value is -1.37. The summed E-state index contributed by atoms with van der Waals surface area (Å²) in [5.41, 5.74) is 1.06. The Balaban J connectivity index is 2.59. The number of rotatable bonds is 6. The molecule has 0 heterocycles. The smallest absolute Gasteiger partial charge is 0.339 e. The van der Waals surface area contributed by atoms with E-state index in [-0.39, 0.29) is 0 Å². The average Bonchev–Trinajstić information content (AvgIpc) is 2.38. The lowest BCUT2D eigenvalue weighted by atomic mass is 10.2. The van der Waals surface area contributed by atoms with Gasteiger partial charge in [-0.3, -0.25) is 0 Å². The number of esters is 1. The SMILES string of the molecule is CCOC(=O)c1ccc(NC(=S)NCCN(C)C)cc1Cl.